The molecule has 0 bridgehead atoms. The van der Waals surface area contributed by atoms with E-state index in [0.29, 0.717) is 0 Å². The summed E-state index contributed by atoms with van der Waals surface area (Å²) in [5, 5.41) is 11.6. The summed E-state index contributed by atoms with van der Waals surface area (Å²) in [5.74, 6) is 0.818. The average molecular weight is 362 g/mol. The van der Waals surface area contributed by atoms with Crippen molar-refractivity contribution < 1.29 is 4.74 Å². The summed E-state index contributed by atoms with van der Waals surface area (Å²) in [5.41, 5.74) is 5.93. The van der Waals surface area contributed by atoms with Crippen LogP contribution >= 0.6 is 11.3 Å². The highest BCUT2D eigenvalue weighted by Gasteiger charge is 2.16. The summed E-state index contributed by atoms with van der Waals surface area (Å²) in [6, 6.07) is 16.1. The molecule has 2 heterocycles. The van der Waals surface area contributed by atoms with Crippen LogP contribution in [0.4, 0.5) is 0 Å². The molecule has 0 N–H and O–H groups in total. The van der Waals surface area contributed by atoms with Gasteiger partial charge in [-0.1, -0.05) is 35.0 Å². The zero-order valence-electron chi connectivity index (χ0n) is 14.8. The lowest BCUT2D eigenvalue weighted by Crippen LogP contribution is -1.98. The van der Waals surface area contributed by atoms with E-state index in [0.717, 1.165) is 39.1 Å². The highest BCUT2D eigenvalue weighted by Crippen LogP contribution is 2.31. The average Bonchev–Trinajstić information content (AvgIpc) is 3.29. The molecule has 5 nitrogen and oxygen atoms in total. The molecule has 26 heavy (non-hydrogen) atoms. The molecular weight excluding hydrogens is 344 g/mol. The lowest BCUT2D eigenvalue weighted by molar-refractivity contribution is 0.415. The maximum atomic E-state index is 5.30. The van der Waals surface area contributed by atoms with Crippen molar-refractivity contribution in [2.24, 2.45) is 0 Å². The topological polar surface area (TPSA) is 52.8 Å². The summed E-state index contributed by atoms with van der Waals surface area (Å²) in [6.07, 6.45) is 0. The first-order valence-electron chi connectivity index (χ1n) is 8.25. The van der Waals surface area contributed by atoms with Crippen molar-refractivity contribution in [3.8, 4) is 33.4 Å². The van der Waals surface area contributed by atoms with Gasteiger partial charge in [-0.15, -0.1) is 16.4 Å². The first-order valence-corrected chi connectivity index (χ1v) is 9.13. The van der Waals surface area contributed by atoms with E-state index in [-0.39, 0.29) is 0 Å². The summed E-state index contributed by atoms with van der Waals surface area (Å²) < 4.78 is 7.15. The quantitative estimate of drug-likeness (QED) is 0.529. The van der Waals surface area contributed by atoms with E-state index < -0.39 is 0 Å². The van der Waals surface area contributed by atoms with Gasteiger partial charge in [0, 0.05) is 10.9 Å². The molecule has 4 rings (SSSR count). The molecule has 0 aliphatic heterocycles. The van der Waals surface area contributed by atoms with Crippen LogP contribution in [0.15, 0.2) is 53.9 Å². The van der Waals surface area contributed by atoms with Crippen molar-refractivity contribution in [1.29, 1.82) is 0 Å². The predicted molar refractivity (Wildman–Crippen MR) is 104 cm³/mol. The second kappa shape index (κ2) is 6.72. The minimum Gasteiger partial charge on any atom is -0.497 e. The zero-order valence-corrected chi connectivity index (χ0v) is 15.6. The minimum absolute atomic E-state index is 0.810. The molecule has 0 fully saturated rings. The molecule has 0 unspecified atom stereocenters. The fourth-order valence-corrected chi connectivity index (χ4v) is 3.62. The monoisotopic (exact) mass is 362 g/mol. The maximum Gasteiger partial charge on any atom is 0.146 e. The zero-order chi connectivity index (χ0) is 18.1. The molecule has 6 heteroatoms. The first kappa shape index (κ1) is 16.5. The lowest BCUT2D eigenvalue weighted by Gasteiger charge is -2.03. The number of aromatic nitrogens is 4. The minimum atomic E-state index is 0.810. The standard InChI is InChI=1S/C20H18N4OS/c1-13-7-9-16(10-8-13)24-14(2)19(22-23-24)20-21-18(12-26-20)15-5-4-6-17(11-15)25-3/h4-12H,1-3H3. The van der Waals surface area contributed by atoms with Gasteiger partial charge in [0.25, 0.3) is 0 Å². The molecule has 0 saturated heterocycles. The number of thiazole rings is 1. The fourth-order valence-electron chi connectivity index (χ4n) is 2.76. The summed E-state index contributed by atoms with van der Waals surface area (Å²) in [7, 11) is 1.67. The van der Waals surface area contributed by atoms with E-state index in [1.165, 1.54) is 5.56 Å². The number of rotatable bonds is 4. The Morgan fingerprint density at radius 3 is 2.62 bits per heavy atom. The van der Waals surface area contributed by atoms with Gasteiger partial charge in [-0.3, -0.25) is 0 Å². The Kier molecular flexibility index (Phi) is 4.26. The molecule has 4 aromatic rings. The number of ether oxygens (including phenoxy) is 1. The van der Waals surface area contributed by atoms with Gasteiger partial charge in [-0.25, -0.2) is 9.67 Å². The Labute approximate surface area is 155 Å². The molecule has 0 radical (unpaired) electrons. The van der Waals surface area contributed by atoms with E-state index in [2.05, 4.69) is 29.4 Å². The van der Waals surface area contributed by atoms with Crippen LogP contribution in [-0.4, -0.2) is 27.1 Å². The van der Waals surface area contributed by atoms with Crippen LogP contribution in [0.5, 0.6) is 5.75 Å². The second-order valence-corrected chi connectivity index (χ2v) is 6.90. The lowest BCUT2D eigenvalue weighted by atomic mass is 10.1. The van der Waals surface area contributed by atoms with Crippen LogP contribution in [0.3, 0.4) is 0 Å². The van der Waals surface area contributed by atoms with Gasteiger partial charge >= 0.3 is 0 Å². The number of hydrogen-bond donors (Lipinski definition) is 0. The van der Waals surface area contributed by atoms with Crippen LogP contribution in [0.25, 0.3) is 27.6 Å². The summed E-state index contributed by atoms with van der Waals surface area (Å²) in [4.78, 5) is 4.76. The largest absolute Gasteiger partial charge is 0.497 e. The molecule has 130 valence electrons. The highest BCUT2D eigenvalue weighted by atomic mass is 32.1. The predicted octanol–water partition coefficient (Wildman–Crippen LogP) is 4.68. The number of hydrogen-bond acceptors (Lipinski definition) is 5. The normalized spacial score (nSPS) is 10.9. The van der Waals surface area contributed by atoms with Crippen molar-refractivity contribution in [2.45, 2.75) is 13.8 Å². The molecule has 0 aliphatic rings. The van der Waals surface area contributed by atoms with E-state index in [4.69, 9.17) is 9.72 Å². The fraction of sp³-hybridized carbons (Fsp3) is 0.150. The molecule has 0 amide bonds. The van der Waals surface area contributed by atoms with Gasteiger partial charge in [0.05, 0.1) is 24.2 Å². The van der Waals surface area contributed by atoms with Crippen LogP contribution in [0.1, 0.15) is 11.3 Å². The maximum absolute atomic E-state index is 5.30. The smallest absolute Gasteiger partial charge is 0.146 e. The molecule has 0 aliphatic carbocycles. The van der Waals surface area contributed by atoms with Crippen molar-refractivity contribution in [2.75, 3.05) is 7.11 Å². The summed E-state index contributed by atoms with van der Waals surface area (Å²) >= 11 is 1.57. The van der Waals surface area contributed by atoms with Crippen molar-refractivity contribution >= 4 is 11.3 Å². The number of aryl methyl sites for hydroxylation is 1. The van der Waals surface area contributed by atoms with Gasteiger partial charge in [-0.2, -0.15) is 0 Å². The van der Waals surface area contributed by atoms with Gasteiger partial charge < -0.3 is 4.74 Å². The Hall–Kier alpha value is -2.99. The van der Waals surface area contributed by atoms with Crippen LogP contribution in [0.2, 0.25) is 0 Å². The van der Waals surface area contributed by atoms with E-state index >= 15 is 0 Å². The number of methoxy groups -OCH3 is 1. The Morgan fingerprint density at radius 1 is 1.04 bits per heavy atom. The Balaban J connectivity index is 1.69. The molecule has 2 aromatic heterocycles. The van der Waals surface area contributed by atoms with Gasteiger partial charge in [-0.05, 0) is 38.1 Å². The molecular formula is C20H18N4OS. The SMILES string of the molecule is COc1cccc(-c2csc(-c3nnn(-c4ccc(C)cc4)c3C)n2)c1. The van der Waals surface area contributed by atoms with Gasteiger partial charge in [0.2, 0.25) is 0 Å². The summed E-state index contributed by atoms with van der Waals surface area (Å²) in [6.45, 7) is 4.08. The molecule has 0 saturated carbocycles. The van der Waals surface area contributed by atoms with Crippen LogP contribution in [-0.2, 0) is 0 Å². The Morgan fingerprint density at radius 2 is 1.85 bits per heavy atom. The highest BCUT2D eigenvalue weighted by molar-refractivity contribution is 7.13. The third-order valence-corrected chi connectivity index (χ3v) is 5.09. The third-order valence-electron chi connectivity index (χ3n) is 4.25. The van der Waals surface area contributed by atoms with Crippen LogP contribution in [0, 0.1) is 13.8 Å². The van der Waals surface area contributed by atoms with E-state index in [9.17, 15) is 0 Å². The Bertz CT molecular complexity index is 1050. The number of benzene rings is 2. The molecule has 0 atom stereocenters. The third kappa shape index (κ3) is 2.99. The second-order valence-electron chi connectivity index (χ2n) is 6.04. The number of nitrogens with zero attached hydrogens (tertiary/aromatic N) is 4. The van der Waals surface area contributed by atoms with Crippen LogP contribution < -0.4 is 4.74 Å². The van der Waals surface area contributed by atoms with Crippen molar-refractivity contribution in [3.63, 3.8) is 0 Å². The van der Waals surface area contributed by atoms with Gasteiger partial charge in [0.1, 0.15) is 16.5 Å². The van der Waals surface area contributed by atoms with Crippen molar-refractivity contribution in [1.82, 2.24) is 20.0 Å². The van der Waals surface area contributed by atoms with E-state index in [1.807, 2.05) is 53.4 Å². The molecule has 2 aromatic carbocycles. The van der Waals surface area contributed by atoms with Gasteiger partial charge in [0.15, 0.2) is 0 Å². The molecule has 0 spiro atoms. The first-order chi connectivity index (χ1) is 12.7. The van der Waals surface area contributed by atoms with Crippen molar-refractivity contribution in [3.05, 3.63) is 65.2 Å². The van der Waals surface area contributed by atoms with E-state index in [1.54, 1.807) is 18.4 Å².